The highest BCUT2D eigenvalue weighted by molar-refractivity contribution is 6.34. The van der Waals surface area contributed by atoms with E-state index in [1.54, 1.807) is 42.2 Å². The van der Waals surface area contributed by atoms with Gasteiger partial charge < -0.3 is 9.80 Å². The van der Waals surface area contributed by atoms with Crippen LogP contribution in [0.4, 0.5) is 5.82 Å². The molecule has 1 aliphatic heterocycles. The summed E-state index contributed by atoms with van der Waals surface area (Å²) in [6.45, 7) is 10.6. The maximum Gasteiger partial charge on any atom is 0.355 e. The number of amides is 1. The molecule has 0 bridgehead atoms. The van der Waals surface area contributed by atoms with Gasteiger partial charge in [-0.15, -0.1) is 0 Å². The Labute approximate surface area is 264 Å². The Hall–Kier alpha value is -4.30. The summed E-state index contributed by atoms with van der Waals surface area (Å²) in [6.07, 6.45) is 2.69. The molecular formula is C34H37ClN6O2. The summed E-state index contributed by atoms with van der Waals surface area (Å²) in [7, 11) is 0. The third-order valence-electron chi connectivity index (χ3n) is 7.76. The normalized spacial score (nSPS) is 18.9. The van der Waals surface area contributed by atoms with E-state index >= 15 is 0 Å². The first-order valence-electron chi connectivity index (χ1n) is 16.6. The van der Waals surface area contributed by atoms with Crippen molar-refractivity contribution in [1.82, 2.24) is 24.4 Å². The highest BCUT2D eigenvalue weighted by atomic mass is 35.5. The van der Waals surface area contributed by atoms with Crippen molar-refractivity contribution in [1.29, 1.82) is 0 Å². The molecule has 0 spiro atoms. The number of anilines is 1. The number of hydrogen-bond acceptors (Lipinski definition) is 6. The van der Waals surface area contributed by atoms with Gasteiger partial charge in [0, 0.05) is 41.0 Å². The Morgan fingerprint density at radius 1 is 1.19 bits per heavy atom. The van der Waals surface area contributed by atoms with Gasteiger partial charge >= 0.3 is 5.69 Å². The van der Waals surface area contributed by atoms with Gasteiger partial charge in [-0.3, -0.25) is 9.78 Å². The quantitative estimate of drug-likeness (QED) is 0.232. The van der Waals surface area contributed by atoms with Gasteiger partial charge in [0.2, 0.25) is 5.91 Å². The lowest BCUT2D eigenvalue weighted by Crippen LogP contribution is -2.58. The number of allylic oxidation sites excluding steroid dienone is 1. The van der Waals surface area contributed by atoms with Crippen LogP contribution in [0.2, 0.25) is 5.02 Å². The van der Waals surface area contributed by atoms with Gasteiger partial charge in [-0.1, -0.05) is 68.4 Å². The van der Waals surface area contributed by atoms with Crippen molar-refractivity contribution >= 4 is 39.9 Å². The minimum atomic E-state index is -2.61. The van der Waals surface area contributed by atoms with Crippen LogP contribution in [0.3, 0.4) is 0 Å². The first-order valence-corrected chi connectivity index (χ1v) is 14.5. The maximum absolute atomic E-state index is 14.4. The summed E-state index contributed by atoms with van der Waals surface area (Å²) in [5.41, 5.74) is 1.49. The third kappa shape index (κ3) is 5.36. The van der Waals surface area contributed by atoms with E-state index in [0.717, 1.165) is 0 Å². The van der Waals surface area contributed by atoms with Crippen LogP contribution in [-0.2, 0) is 4.79 Å². The van der Waals surface area contributed by atoms with Gasteiger partial charge in [0.15, 0.2) is 5.65 Å². The van der Waals surface area contributed by atoms with Crippen molar-refractivity contribution in [3.05, 3.63) is 94.1 Å². The lowest BCUT2D eigenvalue weighted by atomic mass is 9.98. The molecule has 0 unspecified atom stereocenters. The van der Waals surface area contributed by atoms with Gasteiger partial charge in [0.25, 0.3) is 0 Å². The second-order valence-corrected chi connectivity index (χ2v) is 11.6. The maximum atomic E-state index is 14.4. The van der Waals surface area contributed by atoms with Crippen LogP contribution < -0.4 is 10.6 Å². The Bertz CT molecular complexity index is 2010. The number of aryl methyl sites for hydroxylation is 1. The fourth-order valence-corrected chi connectivity index (χ4v) is 6.14. The number of hydrogen-bond donors (Lipinski definition) is 0. The van der Waals surface area contributed by atoms with Gasteiger partial charge in [-0.2, -0.15) is 4.98 Å². The zero-order valence-corrected chi connectivity index (χ0v) is 25.6. The molecule has 43 heavy (non-hydrogen) atoms. The number of halogens is 1. The molecule has 0 aliphatic carbocycles. The van der Waals surface area contributed by atoms with E-state index in [4.69, 9.17) is 23.4 Å². The second kappa shape index (κ2) is 11.8. The molecule has 1 fully saturated rings. The molecule has 1 amide bonds. The topological polar surface area (TPSA) is 84.2 Å². The van der Waals surface area contributed by atoms with E-state index in [-0.39, 0.29) is 58.1 Å². The highest BCUT2D eigenvalue weighted by Gasteiger charge is 2.34. The van der Waals surface area contributed by atoms with Crippen molar-refractivity contribution in [3.8, 4) is 16.9 Å². The first kappa shape index (κ1) is 24.2. The van der Waals surface area contributed by atoms with Crippen molar-refractivity contribution < 1.29 is 11.6 Å². The summed E-state index contributed by atoms with van der Waals surface area (Å²) in [4.78, 5) is 44.6. The number of rotatable bonds is 6. The van der Waals surface area contributed by atoms with Crippen LogP contribution in [0, 0.1) is 6.85 Å². The molecule has 1 saturated heterocycles. The smallest absolute Gasteiger partial charge is 0.347 e. The second-order valence-electron chi connectivity index (χ2n) is 11.2. The lowest BCUT2D eigenvalue weighted by molar-refractivity contribution is -0.127. The number of fused-ring (bicyclic) bond motifs is 1. The molecule has 4 heterocycles. The molecule has 4 aromatic rings. The summed E-state index contributed by atoms with van der Waals surface area (Å²) >= 11 is 7.01. The molecule has 0 radical (unpaired) electrons. The molecular weight excluding hydrogens is 560 g/mol. The standard InChI is InChI=1S/C34H37ClN6O2/c1-9-28(42)39-17-22(7)40(23(8)18-39)33-26-16-27(35)30(25-13-11-10-12-24(25)19(2)3)37-32(26)41(34(43)38-33)31-21(6)14-15-36-29(31)20(4)5/h9-16,20,22-23H,1-2,17-18H2,3-8H3/t22-,23-/m0/s1/i2D2,6D3. The molecule has 3 aromatic heterocycles. The summed E-state index contributed by atoms with van der Waals surface area (Å²) in [6, 6.07) is 9.59. The molecule has 222 valence electrons. The SMILES string of the molecule is [2H]C([2H])=C(C)c1ccccc1-c1nc2c(cc1Cl)c(N1[C@@H](C)CN(C(=O)C=C)C[C@@H]1C)nc(=O)n2-c1c(C([2H])([2H])[2H])ccnc1C(C)C. The zero-order valence-electron chi connectivity index (χ0n) is 29.8. The average Bonchev–Trinajstić information content (AvgIpc) is 3.02. The molecule has 2 atom stereocenters. The predicted molar refractivity (Wildman–Crippen MR) is 175 cm³/mol. The largest absolute Gasteiger partial charge is 0.355 e. The van der Waals surface area contributed by atoms with Crippen LogP contribution in [0.5, 0.6) is 0 Å². The third-order valence-corrected chi connectivity index (χ3v) is 8.05. The number of nitrogens with zero attached hydrogens (tertiary/aromatic N) is 6. The molecule has 0 saturated carbocycles. The number of carbonyl (C=O) groups excluding carboxylic acids is 1. The van der Waals surface area contributed by atoms with E-state index < -0.39 is 12.5 Å². The molecule has 1 aliphatic rings. The van der Waals surface area contributed by atoms with Crippen molar-refractivity contribution in [3.63, 3.8) is 0 Å². The van der Waals surface area contributed by atoms with Crippen LogP contribution >= 0.6 is 11.6 Å². The first-order chi connectivity index (χ1) is 22.6. The van der Waals surface area contributed by atoms with E-state index in [0.29, 0.717) is 46.7 Å². The number of aromatic nitrogens is 4. The van der Waals surface area contributed by atoms with Crippen LogP contribution in [0.15, 0.2) is 66.6 Å². The minimum Gasteiger partial charge on any atom is -0.347 e. The predicted octanol–water partition coefficient (Wildman–Crippen LogP) is 6.57. The number of benzene rings is 1. The van der Waals surface area contributed by atoms with Crippen molar-refractivity contribution in [2.45, 2.75) is 59.5 Å². The summed E-state index contributed by atoms with van der Waals surface area (Å²) in [5.74, 6) is -0.169. The average molecular weight is 602 g/mol. The van der Waals surface area contributed by atoms with Crippen LogP contribution in [0.25, 0.3) is 33.6 Å². The van der Waals surface area contributed by atoms with E-state index in [2.05, 4.69) is 16.5 Å². The summed E-state index contributed by atoms with van der Waals surface area (Å²) < 4.78 is 42.2. The fraction of sp³-hybridized carbons (Fsp3) is 0.324. The van der Waals surface area contributed by atoms with Gasteiger partial charge in [0.05, 0.1) is 30.2 Å². The van der Waals surface area contributed by atoms with Crippen LogP contribution in [-0.4, -0.2) is 55.5 Å². The molecule has 5 rings (SSSR count). The van der Waals surface area contributed by atoms with Crippen molar-refractivity contribution in [2.24, 2.45) is 0 Å². The molecule has 8 nitrogen and oxygen atoms in total. The Kier molecular flexibility index (Phi) is 6.61. The molecule has 9 heteroatoms. The monoisotopic (exact) mass is 601 g/mol. The minimum absolute atomic E-state index is 0.0776. The number of pyridine rings is 2. The molecule has 0 N–H and O–H groups in total. The Morgan fingerprint density at radius 3 is 2.56 bits per heavy atom. The van der Waals surface area contributed by atoms with E-state index in [1.807, 2.05) is 32.6 Å². The van der Waals surface area contributed by atoms with Gasteiger partial charge in [-0.25, -0.2) is 14.3 Å². The van der Waals surface area contributed by atoms with E-state index in [1.165, 1.54) is 22.9 Å². The Morgan fingerprint density at radius 2 is 1.91 bits per heavy atom. The Balaban J connectivity index is 1.92. The van der Waals surface area contributed by atoms with E-state index in [9.17, 15) is 9.59 Å². The number of piperazine rings is 1. The van der Waals surface area contributed by atoms with Crippen molar-refractivity contribution in [2.75, 3.05) is 18.0 Å². The van der Waals surface area contributed by atoms with Gasteiger partial charge in [-0.05, 0) is 62.9 Å². The van der Waals surface area contributed by atoms with Gasteiger partial charge in [0.1, 0.15) is 5.82 Å². The van der Waals surface area contributed by atoms with Crippen LogP contribution in [0.1, 0.15) is 64.2 Å². The lowest BCUT2D eigenvalue weighted by Gasteiger charge is -2.45. The summed E-state index contributed by atoms with van der Waals surface area (Å²) in [5, 5.41) is 0.617. The zero-order chi connectivity index (χ0) is 35.2. The molecule has 1 aromatic carbocycles. The fourth-order valence-electron chi connectivity index (χ4n) is 5.89. The highest BCUT2D eigenvalue weighted by Crippen LogP contribution is 2.38. The number of carbonyl (C=O) groups is 1.